The SMILES string of the molecule is CC1(CNC(=O)c2cc3cccc(Br)c3o2)COC1. The highest BCUT2D eigenvalue weighted by molar-refractivity contribution is 9.10. The summed E-state index contributed by atoms with van der Waals surface area (Å²) < 4.78 is 11.6. The number of hydrogen-bond donors (Lipinski definition) is 1. The van der Waals surface area contributed by atoms with Gasteiger partial charge in [-0.15, -0.1) is 0 Å². The smallest absolute Gasteiger partial charge is 0.287 e. The number of para-hydroxylation sites is 1. The lowest BCUT2D eigenvalue weighted by atomic mass is 9.89. The molecule has 0 aliphatic carbocycles. The van der Waals surface area contributed by atoms with E-state index in [4.69, 9.17) is 9.15 Å². The fraction of sp³-hybridized carbons (Fsp3) is 0.357. The zero-order valence-corrected chi connectivity index (χ0v) is 12.1. The second kappa shape index (κ2) is 4.65. The van der Waals surface area contributed by atoms with Gasteiger partial charge in [-0.25, -0.2) is 0 Å². The number of fused-ring (bicyclic) bond motifs is 1. The van der Waals surface area contributed by atoms with Gasteiger partial charge in [-0.2, -0.15) is 0 Å². The van der Waals surface area contributed by atoms with E-state index in [2.05, 4.69) is 28.2 Å². The van der Waals surface area contributed by atoms with Crippen molar-refractivity contribution in [2.24, 2.45) is 5.41 Å². The van der Waals surface area contributed by atoms with Crippen LogP contribution in [-0.2, 0) is 4.74 Å². The zero-order valence-electron chi connectivity index (χ0n) is 10.5. The largest absolute Gasteiger partial charge is 0.450 e. The molecule has 0 saturated carbocycles. The number of carbonyl (C=O) groups excluding carboxylic acids is 1. The Morgan fingerprint density at radius 3 is 2.89 bits per heavy atom. The Kier molecular flexibility index (Phi) is 3.11. The highest BCUT2D eigenvalue weighted by atomic mass is 79.9. The van der Waals surface area contributed by atoms with Crippen LogP contribution in [-0.4, -0.2) is 25.7 Å². The van der Waals surface area contributed by atoms with Gasteiger partial charge in [0.25, 0.3) is 5.91 Å². The third-order valence-corrected chi connectivity index (χ3v) is 3.92. The van der Waals surface area contributed by atoms with Crippen molar-refractivity contribution >= 4 is 32.8 Å². The van der Waals surface area contributed by atoms with Gasteiger partial charge in [-0.1, -0.05) is 19.1 Å². The van der Waals surface area contributed by atoms with Gasteiger partial charge in [0.1, 0.15) is 5.58 Å². The maximum atomic E-state index is 12.1. The van der Waals surface area contributed by atoms with Crippen LogP contribution < -0.4 is 5.32 Å². The minimum atomic E-state index is -0.184. The van der Waals surface area contributed by atoms with Gasteiger partial charge in [0.15, 0.2) is 5.76 Å². The van der Waals surface area contributed by atoms with Crippen LogP contribution in [0.5, 0.6) is 0 Å². The van der Waals surface area contributed by atoms with Crippen molar-refractivity contribution < 1.29 is 13.9 Å². The highest BCUT2D eigenvalue weighted by Crippen LogP contribution is 2.28. The van der Waals surface area contributed by atoms with Crippen LogP contribution in [0.4, 0.5) is 0 Å². The zero-order chi connectivity index (χ0) is 13.5. The van der Waals surface area contributed by atoms with Crippen molar-refractivity contribution in [1.29, 1.82) is 0 Å². The van der Waals surface area contributed by atoms with Crippen molar-refractivity contribution in [2.45, 2.75) is 6.92 Å². The summed E-state index contributed by atoms with van der Waals surface area (Å²) in [6, 6.07) is 7.48. The Bertz CT molecular complexity index is 631. The molecule has 5 heteroatoms. The van der Waals surface area contributed by atoms with Crippen molar-refractivity contribution in [3.8, 4) is 0 Å². The lowest BCUT2D eigenvalue weighted by molar-refractivity contribution is -0.0978. The first-order valence-corrected chi connectivity index (χ1v) is 6.91. The van der Waals surface area contributed by atoms with Gasteiger partial charge < -0.3 is 14.5 Å². The van der Waals surface area contributed by atoms with E-state index < -0.39 is 0 Å². The molecule has 1 amide bonds. The summed E-state index contributed by atoms with van der Waals surface area (Å²) in [5.74, 6) is 0.155. The van der Waals surface area contributed by atoms with E-state index >= 15 is 0 Å². The minimum Gasteiger partial charge on any atom is -0.450 e. The van der Waals surface area contributed by atoms with Crippen molar-refractivity contribution in [1.82, 2.24) is 5.32 Å². The van der Waals surface area contributed by atoms with Crippen LogP contribution in [0.3, 0.4) is 0 Å². The van der Waals surface area contributed by atoms with E-state index in [1.54, 1.807) is 6.07 Å². The average molecular weight is 324 g/mol. The number of benzene rings is 1. The van der Waals surface area contributed by atoms with Crippen molar-refractivity contribution in [2.75, 3.05) is 19.8 Å². The molecule has 1 aromatic heterocycles. The molecule has 1 saturated heterocycles. The molecule has 2 heterocycles. The molecule has 19 heavy (non-hydrogen) atoms. The lowest BCUT2D eigenvalue weighted by Crippen LogP contribution is -2.48. The number of nitrogens with one attached hydrogen (secondary N) is 1. The molecule has 100 valence electrons. The summed E-state index contributed by atoms with van der Waals surface area (Å²) in [6.07, 6.45) is 0. The van der Waals surface area contributed by atoms with E-state index in [1.807, 2.05) is 18.2 Å². The summed E-state index contributed by atoms with van der Waals surface area (Å²) in [6.45, 7) is 4.08. The first-order chi connectivity index (χ1) is 9.07. The number of carbonyl (C=O) groups is 1. The summed E-state index contributed by atoms with van der Waals surface area (Å²) >= 11 is 3.41. The monoisotopic (exact) mass is 323 g/mol. The first-order valence-electron chi connectivity index (χ1n) is 6.11. The molecule has 0 spiro atoms. The third-order valence-electron chi connectivity index (χ3n) is 3.30. The molecule has 4 nitrogen and oxygen atoms in total. The first kappa shape index (κ1) is 12.7. The van der Waals surface area contributed by atoms with Gasteiger partial charge in [-0.05, 0) is 28.1 Å². The Morgan fingerprint density at radius 1 is 1.47 bits per heavy atom. The van der Waals surface area contributed by atoms with Crippen LogP contribution in [0.25, 0.3) is 11.0 Å². The van der Waals surface area contributed by atoms with Crippen molar-refractivity contribution in [3.63, 3.8) is 0 Å². The molecule has 1 N–H and O–H groups in total. The fourth-order valence-corrected chi connectivity index (χ4v) is 2.54. The predicted octanol–water partition coefficient (Wildman–Crippen LogP) is 2.96. The van der Waals surface area contributed by atoms with Gasteiger partial charge in [0, 0.05) is 17.3 Å². The highest BCUT2D eigenvalue weighted by Gasteiger charge is 2.33. The van der Waals surface area contributed by atoms with Crippen LogP contribution in [0.1, 0.15) is 17.5 Å². The molecule has 1 aromatic carbocycles. The van der Waals surface area contributed by atoms with E-state index in [0.29, 0.717) is 31.1 Å². The Hall–Kier alpha value is -1.33. The Balaban J connectivity index is 1.76. The Labute approximate surface area is 119 Å². The molecule has 0 unspecified atom stereocenters. The summed E-state index contributed by atoms with van der Waals surface area (Å²) in [5.41, 5.74) is 0.758. The summed E-state index contributed by atoms with van der Waals surface area (Å²) in [5, 5.41) is 3.81. The van der Waals surface area contributed by atoms with E-state index in [-0.39, 0.29) is 11.3 Å². The average Bonchev–Trinajstić information content (AvgIpc) is 2.79. The number of ether oxygens (including phenoxy) is 1. The molecular formula is C14H14BrNO3. The molecule has 2 aromatic rings. The van der Waals surface area contributed by atoms with Crippen LogP contribution in [0, 0.1) is 5.41 Å². The molecule has 1 aliphatic rings. The third kappa shape index (κ3) is 2.40. The topological polar surface area (TPSA) is 51.5 Å². The summed E-state index contributed by atoms with van der Waals surface area (Å²) in [7, 11) is 0. The van der Waals surface area contributed by atoms with Crippen molar-refractivity contribution in [3.05, 3.63) is 34.5 Å². The second-order valence-corrected chi connectivity index (χ2v) is 6.11. The molecular weight excluding hydrogens is 310 g/mol. The van der Waals surface area contributed by atoms with E-state index in [1.165, 1.54) is 0 Å². The maximum Gasteiger partial charge on any atom is 0.287 e. The normalized spacial score (nSPS) is 17.2. The molecule has 0 atom stereocenters. The van der Waals surface area contributed by atoms with Crippen LogP contribution in [0.15, 0.2) is 33.2 Å². The molecule has 0 radical (unpaired) electrons. The van der Waals surface area contributed by atoms with E-state index in [0.717, 1.165) is 9.86 Å². The number of rotatable bonds is 3. The predicted molar refractivity (Wildman–Crippen MR) is 75.2 cm³/mol. The number of halogens is 1. The minimum absolute atomic E-state index is 0.0578. The van der Waals surface area contributed by atoms with Gasteiger partial charge in [0.05, 0.1) is 17.7 Å². The number of hydrogen-bond acceptors (Lipinski definition) is 3. The quantitative estimate of drug-likeness (QED) is 0.944. The fourth-order valence-electron chi connectivity index (χ4n) is 2.07. The van der Waals surface area contributed by atoms with Crippen LogP contribution >= 0.6 is 15.9 Å². The molecule has 0 bridgehead atoms. The second-order valence-electron chi connectivity index (χ2n) is 5.25. The maximum absolute atomic E-state index is 12.1. The molecule has 1 aliphatic heterocycles. The number of amides is 1. The molecule has 1 fully saturated rings. The Morgan fingerprint density at radius 2 is 2.26 bits per heavy atom. The van der Waals surface area contributed by atoms with Gasteiger partial charge >= 0.3 is 0 Å². The lowest BCUT2D eigenvalue weighted by Gasteiger charge is -2.37. The number of furan rings is 1. The van der Waals surface area contributed by atoms with Gasteiger partial charge in [0.2, 0.25) is 0 Å². The van der Waals surface area contributed by atoms with Crippen LogP contribution in [0.2, 0.25) is 0 Å². The standard InChI is InChI=1S/C14H14BrNO3/c1-14(7-18-8-14)6-16-13(17)11-5-9-3-2-4-10(15)12(9)19-11/h2-5H,6-8H2,1H3,(H,16,17). The molecule has 3 rings (SSSR count). The van der Waals surface area contributed by atoms with E-state index in [9.17, 15) is 4.79 Å². The summed E-state index contributed by atoms with van der Waals surface area (Å²) in [4.78, 5) is 12.1. The van der Waals surface area contributed by atoms with Gasteiger partial charge in [-0.3, -0.25) is 4.79 Å².